The number of carbonyl (C=O) groups excluding carboxylic acids is 1. The first-order chi connectivity index (χ1) is 10.5. The number of hydrogen-bond donors (Lipinski definition) is 3. The largest absolute Gasteiger partial charge is 0.383 e. The van der Waals surface area contributed by atoms with Crippen LogP contribution in [0.4, 0.5) is 5.69 Å². The number of guanidine groups is 1. The van der Waals surface area contributed by atoms with E-state index < -0.39 is 0 Å². The summed E-state index contributed by atoms with van der Waals surface area (Å²) in [6, 6.07) is 5.86. The molecule has 1 rings (SSSR count). The maximum atomic E-state index is 12.0. The monoisotopic (exact) mass is 498 g/mol. The zero-order valence-corrected chi connectivity index (χ0v) is 17.7. The molecule has 0 fully saturated rings. The molecule has 0 saturated heterocycles. The molecule has 6 nitrogen and oxygen atoms in total. The highest BCUT2D eigenvalue weighted by molar-refractivity contribution is 14.0. The topological polar surface area (TPSA) is 74.8 Å². The fraction of sp³-hybridized carbons (Fsp3) is 0.467. The van der Waals surface area contributed by atoms with Gasteiger partial charge in [-0.1, -0.05) is 22.0 Å². The number of benzene rings is 1. The fourth-order valence-electron chi connectivity index (χ4n) is 1.81. The molecule has 23 heavy (non-hydrogen) atoms. The highest BCUT2D eigenvalue weighted by atomic mass is 127. The van der Waals surface area contributed by atoms with Gasteiger partial charge in [0.2, 0.25) is 5.91 Å². The molecular weight excluding hydrogens is 475 g/mol. The van der Waals surface area contributed by atoms with E-state index in [0.29, 0.717) is 12.6 Å². The smallest absolute Gasteiger partial charge is 0.243 e. The van der Waals surface area contributed by atoms with Gasteiger partial charge in [-0.15, -0.1) is 24.0 Å². The molecule has 8 heteroatoms. The maximum Gasteiger partial charge on any atom is 0.243 e. The molecule has 1 atom stereocenters. The summed E-state index contributed by atoms with van der Waals surface area (Å²) in [7, 11) is 3.30. The molecule has 0 spiro atoms. The number of nitrogens with one attached hydrogen (secondary N) is 3. The van der Waals surface area contributed by atoms with E-state index in [0.717, 1.165) is 15.7 Å². The number of ether oxygens (including phenoxy) is 1. The first-order valence-corrected chi connectivity index (χ1v) is 7.77. The van der Waals surface area contributed by atoms with Crippen LogP contribution < -0.4 is 16.0 Å². The molecule has 1 aromatic rings. The molecule has 0 bridgehead atoms. The lowest BCUT2D eigenvalue weighted by molar-refractivity contribution is -0.115. The van der Waals surface area contributed by atoms with Crippen LogP contribution in [0.25, 0.3) is 0 Å². The standard InChI is InChI=1S/C15H23BrN4O2.HI/c1-10-5-6-12(16)7-13(10)20-14(21)8-18-15(17-3)19-11(2)9-22-4;/h5-7,11H,8-9H2,1-4H3,(H,20,21)(H2,17,18,19);1H. The number of nitrogens with zero attached hydrogens (tertiary/aromatic N) is 1. The number of carbonyl (C=O) groups is 1. The lowest BCUT2D eigenvalue weighted by atomic mass is 10.2. The average molecular weight is 499 g/mol. The molecule has 0 heterocycles. The van der Waals surface area contributed by atoms with Gasteiger partial charge in [-0.25, -0.2) is 0 Å². The summed E-state index contributed by atoms with van der Waals surface area (Å²) in [6.45, 7) is 4.61. The molecule has 1 aromatic carbocycles. The molecule has 1 unspecified atom stereocenters. The van der Waals surface area contributed by atoms with Crippen molar-refractivity contribution in [3.8, 4) is 0 Å². The zero-order valence-electron chi connectivity index (χ0n) is 13.8. The second kappa shape index (κ2) is 11.6. The Hall–Kier alpha value is -0.870. The van der Waals surface area contributed by atoms with Crippen LogP contribution in [-0.2, 0) is 9.53 Å². The predicted molar refractivity (Wildman–Crippen MR) is 109 cm³/mol. The van der Waals surface area contributed by atoms with Crippen LogP contribution in [-0.4, -0.2) is 45.2 Å². The lowest BCUT2D eigenvalue weighted by Gasteiger charge is -2.17. The van der Waals surface area contributed by atoms with Crippen LogP contribution in [0.15, 0.2) is 27.7 Å². The van der Waals surface area contributed by atoms with E-state index in [2.05, 4.69) is 36.9 Å². The molecular formula is C15H24BrIN4O2. The summed E-state index contributed by atoms with van der Waals surface area (Å²) in [5, 5.41) is 8.98. The van der Waals surface area contributed by atoms with Crippen LogP contribution in [0.3, 0.4) is 0 Å². The first kappa shape index (κ1) is 22.1. The summed E-state index contributed by atoms with van der Waals surface area (Å²) in [5.41, 5.74) is 1.80. The summed E-state index contributed by atoms with van der Waals surface area (Å²) in [4.78, 5) is 16.1. The summed E-state index contributed by atoms with van der Waals surface area (Å²) in [6.07, 6.45) is 0. The van der Waals surface area contributed by atoms with E-state index in [-0.39, 0.29) is 42.5 Å². The van der Waals surface area contributed by atoms with Gasteiger partial charge in [0.1, 0.15) is 0 Å². The van der Waals surface area contributed by atoms with Crippen molar-refractivity contribution in [3.05, 3.63) is 28.2 Å². The van der Waals surface area contributed by atoms with E-state index in [1.54, 1.807) is 14.2 Å². The van der Waals surface area contributed by atoms with Gasteiger partial charge in [-0.3, -0.25) is 9.79 Å². The number of rotatable bonds is 6. The van der Waals surface area contributed by atoms with Gasteiger partial charge in [0.05, 0.1) is 13.2 Å². The third-order valence-corrected chi connectivity index (χ3v) is 3.41. The van der Waals surface area contributed by atoms with Gasteiger partial charge in [-0.2, -0.15) is 0 Å². The van der Waals surface area contributed by atoms with Crippen molar-refractivity contribution in [1.29, 1.82) is 0 Å². The van der Waals surface area contributed by atoms with Crippen molar-refractivity contribution in [2.24, 2.45) is 4.99 Å². The minimum Gasteiger partial charge on any atom is -0.383 e. The Morgan fingerprint density at radius 1 is 1.43 bits per heavy atom. The van der Waals surface area contributed by atoms with Crippen molar-refractivity contribution in [1.82, 2.24) is 10.6 Å². The molecule has 0 aliphatic heterocycles. The highest BCUT2D eigenvalue weighted by Crippen LogP contribution is 2.20. The van der Waals surface area contributed by atoms with E-state index in [1.807, 2.05) is 32.0 Å². The van der Waals surface area contributed by atoms with E-state index in [4.69, 9.17) is 4.74 Å². The summed E-state index contributed by atoms with van der Waals surface area (Å²) in [5.74, 6) is 0.425. The molecule has 130 valence electrons. The van der Waals surface area contributed by atoms with Crippen LogP contribution in [0.5, 0.6) is 0 Å². The molecule has 1 amide bonds. The Labute approximate surface area is 163 Å². The number of anilines is 1. The molecule has 3 N–H and O–H groups in total. The minimum absolute atomic E-state index is 0. The molecule has 0 aliphatic carbocycles. The van der Waals surface area contributed by atoms with Crippen LogP contribution in [0, 0.1) is 6.92 Å². The molecule has 0 radical (unpaired) electrons. The first-order valence-electron chi connectivity index (χ1n) is 6.98. The van der Waals surface area contributed by atoms with Gasteiger partial charge >= 0.3 is 0 Å². The number of hydrogen-bond acceptors (Lipinski definition) is 3. The third kappa shape index (κ3) is 8.52. The van der Waals surface area contributed by atoms with Gasteiger partial charge in [0.15, 0.2) is 5.96 Å². The summed E-state index contributed by atoms with van der Waals surface area (Å²) >= 11 is 3.39. The Bertz CT molecular complexity index is 540. The van der Waals surface area contributed by atoms with Crippen LogP contribution in [0.2, 0.25) is 0 Å². The molecule has 0 aromatic heterocycles. The van der Waals surface area contributed by atoms with E-state index in [1.165, 1.54) is 0 Å². The van der Waals surface area contributed by atoms with Crippen molar-refractivity contribution in [3.63, 3.8) is 0 Å². The second-order valence-corrected chi connectivity index (χ2v) is 5.85. The van der Waals surface area contributed by atoms with Crippen LogP contribution >= 0.6 is 39.9 Å². The lowest BCUT2D eigenvalue weighted by Crippen LogP contribution is -2.46. The maximum absolute atomic E-state index is 12.0. The zero-order chi connectivity index (χ0) is 16.5. The number of amides is 1. The van der Waals surface area contributed by atoms with Gasteiger partial charge < -0.3 is 20.7 Å². The Balaban J connectivity index is 0.00000484. The second-order valence-electron chi connectivity index (χ2n) is 4.93. The SMILES string of the molecule is CN=C(NCC(=O)Nc1cc(Br)ccc1C)NC(C)COC.I. The van der Waals surface area contributed by atoms with Crippen molar-refractivity contribution >= 4 is 57.5 Å². The predicted octanol–water partition coefficient (Wildman–Crippen LogP) is 2.51. The minimum atomic E-state index is -0.136. The number of aryl methyl sites for hydroxylation is 1. The quantitative estimate of drug-likeness (QED) is 0.320. The van der Waals surface area contributed by atoms with Crippen molar-refractivity contribution in [2.75, 3.05) is 32.6 Å². The number of halogens is 2. The van der Waals surface area contributed by atoms with Crippen molar-refractivity contribution < 1.29 is 9.53 Å². The van der Waals surface area contributed by atoms with Gasteiger partial charge in [0.25, 0.3) is 0 Å². The highest BCUT2D eigenvalue weighted by Gasteiger charge is 2.08. The normalized spacial score (nSPS) is 12.1. The van der Waals surface area contributed by atoms with Gasteiger partial charge in [0, 0.05) is 30.4 Å². The Morgan fingerprint density at radius 3 is 2.74 bits per heavy atom. The number of aliphatic imine (C=N–C) groups is 1. The molecule has 0 saturated carbocycles. The third-order valence-electron chi connectivity index (χ3n) is 2.91. The summed E-state index contributed by atoms with van der Waals surface area (Å²) < 4.78 is 5.97. The Morgan fingerprint density at radius 2 is 2.13 bits per heavy atom. The molecule has 0 aliphatic rings. The fourth-order valence-corrected chi connectivity index (χ4v) is 2.17. The van der Waals surface area contributed by atoms with E-state index in [9.17, 15) is 4.79 Å². The van der Waals surface area contributed by atoms with Crippen molar-refractivity contribution in [2.45, 2.75) is 19.9 Å². The van der Waals surface area contributed by atoms with E-state index >= 15 is 0 Å². The number of methoxy groups -OCH3 is 1. The Kier molecular flexibility index (Phi) is 11.2. The van der Waals surface area contributed by atoms with Crippen LogP contribution in [0.1, 0.15) is 12.5 Å². The van der Waals surface area contributed by atoms with Gasteiger partial charge in [-0.05, 0) is 31.5 Å². The average Bonchev–Trinajstić information content (AvgIpc) is 2.47.